The van der Waals surface area contributed by atoms with E-state index < -0.39 is 0 Å². The van der Waals surface area contributed by atoms with Crippen molar-refractivity contribution in [1.82, 2.24) is 25.2 Å². The molecule has 0 aliphatic heterocycles. The summed E-state index contributed by atoms with van der Waals surface area (Å²) in [6, 6.07) is 5.83. The number of ether oxygens (including phenoxy) is 1. The van der Waals surface area contributed by atoms with E-state index in [0.717, 1.165) is 50.2 Å². The topological polar surface area (TPSA) is 75.8 Å². The number of aromatic nitrogens is 3. The minimum Gasteiger partial charge on any atom is -0.382 e. The maximum atomic E-state index is 5.32. The minimum absolute atomic E-state index is 0.478. The molecule has 2 rings (SSSR count). The Labute approximate surface area is 130 Å². The summed E-state index contributed by atoms with van der Waals surface area (Å²) in [4.78, 5) is 4.55. The molecule has 22 heavy (non-hydrogen) atoms. The summed E-state index contributed by atoms with van der Waals surface area (Å²) in [6.45, 7) is 7.69. The maximum absolute atomic E-state index is 5.32. The molecule has 0 aliphatic rings. The number of hydrogen-bond donors (Lipinski definition) is 2. The van der Waals surface area contributed by atoms with Gasteiger partial charge in [-0.15, -0.1) is 10.2 Å². The number of nitrogens with zero attached hydrogens (tertiary/aromatic N) is 4. The predicted molar refractivity (Wildman–Crippen MR) is 86.9 cm³/mol. The van der Waals surface area contributed by atoms with Gasteiger partial charge in [0, 0.05) is 32.5 Å². The van der Waals surface area contributed by atoms with Gasteiger partial charge in [0.2, 0.25) is 0 Å². The molecule has 0 bridgehead atoms. The van der Waals surface area contributed by atoms with E-state index in [9.17, 15) is 0 Å². The van der Waals surface area contributed by atoms with Crippen molar-refractivity contribution in [2.45, 2.75) is 26.8 Å². The molecule has 0 amide bonds. The van der Waals surface area contributed by atoms with Crippen molar-refractivity contribution in [2.24, 2.45) is 4.99 Å². The van der Waals surface area contributed by atoms with E-state index in [1.165, 1.54) is 0 Å². The van der Waals surface area contributed by atoms with Gasteiger partial charge in [-0.25, -0.2) is 4.99 Å². The number of guanidine groups is 1. The second-order valence-electron chi connectivity index (χ2n) is 4.72. The number of pyridine rings is 1. The Morgan fingerprint density at radius 3 is 3.00 bits per heavy atom. The Balaban J connectivity index is 1.91. The minimum atomic E-state index is 0.478. The van der Waals surface area contributed by atoms with Crippen LogP contribution in [0.3, 0.4) is 0 Å². The molecule has 2 heterocycles. The van der Waals surface area contributed by atoms with E-state index in [1.807, 2.05) is 42.6 Å². The summed E-state index contributed by atoms with van der Waals surface area (Å²) < 4.78 is 7.27. The number of fused-ring (bicyclic) bond motifs is 1. The largest absolute Gasteiger partial charge is 0.382 e. The van der Waals surface area contributed by atoms with Gasteiger partial charge in [0.15, 0.2) is 17.4 Å². The van der Waals surface area contributed by atoms with Crippen LogP contribution >= 0.6 is 0 Å². The third kappa shape index (κ3) is 4.70. The van der Waals surface area contributed by atoms with Gasteiger partial charge in [-0.3, -0.25) is 4.40 Å². The number of nitrogens with one attached hydrogen (secondary N) is 2. The van der Waals surface area contributed by atoms with Crippen molar-refractivity contribution < 1.29 is 4.74 Å². The highest BCUT2D eigenvalue weighted by Gasteiger charge is 2.04. The van der Waals surface area contributed by atoms with Crippen LogP contribution in [0.5, 0.6) is 0 Å². The van der Waals surface area contributed by atoms with Gasteiger partial charge in [0.05, 0.1) is 0 Å². The van der Waals surface area contributed by atoms with Gasteiger partial charge in [-0.05, 0) is 32.4 Å². The molecule has 0 aliphatic carbocycles. The van der Waals surface area contributed by atoms with Crippen LogP contribution < -0.4 is 10.6 Å². The molecular formula is C15H24N6O. The summed E-state index contributed by atoms with van der Waals surface area (Å²) in [5, 5.41) is 14.8. The first-order chi connectivity index (χ1) is 10.8. The fraction of sp³-hybridized carbons (Fsp3) is 0.533. The first-order valence-electron chi connectivity index (χ1n) is 7.73. The highest BCUT2D eigenvalue weighted by Crippen LogP contribution is 2.03. The normalized spacial score (nSPS) is 11.8. The zero-order valence-electron chi connectivity index (χ0n) is 13.2. The Kier molecular flexibility index (Phi) is 6.63. The second kappa shape index (κ2) is 8.99. The van der Waals surface area contributed by atoms with Gasteiger partial charge in [-0.1, -0.05) is 6.07 Å². The average Bonchev–Trinajstić information content (AvgIpc) is 2.95. The second-order valence-corrected chi connectivity index (χ2v) is 4.72. The molecule has 2 aromatic heterocycles. The zero-order valence-corrected chi connectivity index (χ0v) is 13.2. The number of rotatable bonds is 8. The lowest BCUT2D eigenvalue weighted by molar-refractivity contribution is 0.145. The van der Waals surface area contributed by atoms with Gasteiger partial charge in [-0.2, -0.15) is 0 Å². The molecule has 2 N–H and O–H groups in total. The van der Waals surface area contributed by atoms with Gasteiger partial charge >= 0.3 is 0 Å². The van der Waals surface area contributed by atoms with Crippen LogP contribution in [0.1, 0.15) is 26.1 Å². The Morgan fingerprint density at radius 2 is 2.18 bits per heavy atom. The van der Waals surface area contributed by atoms with Crippen LogP contribution in [-0.2, 0) is 11.3 Å². The molecule has 0 atom stereocenters. The van der Waals surface area contributed by atoms with E-state index in [4.69, 9.17) is 4.74 Å². The highest BCUT2D eigenvalue weighted by molar-refractivity contribution is 5.79. The Morgan fingerprint density at radius 1 is 1.27 bits per heavy atom. The SMILES string of the molecule is CCNC(=NCc1nnc2ccccn12)NCCCOCC. The summed E-state index contributed by atoms with van der Waals surface area (Å²) in [7, 11) is 0. The molecular weight excluding hydrogens is 280 g/mol. The molecule has 0 fully saturated rings. The van der Waals surface area contributed by atoms with E-state index >= 15 is 0 Å². The smallest absolute Gasteiger partial charge is 0.191 e. The van der Waals surface area contributed by atoms with Gasteiger partial charge in [0.1, 0.15) is 6.54 Å². The highest BCUT2D eigenvalue weighted by atomic mass is 16.5. The molecule has 7 nitrogen and oxygen atoms in total. The fourth-order valence-electron chi connectivity index (χ4n) is 2.02. The molecule has 0 aromatic carbocycles. The number of aliphatic imine (C=N–C) groups is 1. The van der Waals surface area contributed by atoms with E-state index in [2.05, 4.69) is 25.8 Å². The summed E-state index contributed by atoms with van der Waals surface area (Å²) >= 11 is 0. The molecule has 0 saturated heterocycles. The van der Waals surface area contributed by atoms with Crippen LogP contribution in [-0.4, -0.2) is 46.9 Å². The lowest BCUT2D eigenvalue weighted by Crippen LogP contribution is -2.38. The first kappa shape index (κ1) is 16.2. The van der Waals surface area contributed by atoms with Crippen molar-refractivity contribution >= 4 is 11.6 Å². The molecule has 0 saturated carbocycles. The van der Waals surface area contributed by atoms with Crippen molar-refractivity contribution in [1.29, 1.82) is 0 Å². The van der Waals surface area contributed by atoms with Crippen LogP contribution in [0.25, 0.3) is 5.65 Å². The molecule has 0 spiro atoms. The average molecular weight is 304 g/mol. The summed E-state index contributed by atoms with van der Waals surface area (Å²) in [5.41, 5.74) is 0.836. The van der Waals surface area contributed by atoms with Crippen LogP contribution in [0.2, 0.25) is 0 Å². The molecule has 120 valence electrons. The third-order valence-electron chi connectivity index (χ3n) is 3.07. The quantitative estimate of drug-likeness (QED) is 0.435. The van der Waals surface area contributed by atoms with E-state index in [1.54, 1.807) is 0 Å². The maximum Gasteiger partial charge on any atom is 0.191 e. The van der Waals surface area contributed by atoms with Crippen molar-refractivity contribution in [3.05, 3.63) is 30.2 Å². The summed E-state index contributed by atoms with van der Waals surface area (Å²) in [6.07, 6.45) is 2.90. The molecule has 2 aromatic rings. The van der Waals surface area contributed by atoms with E-state index in [-0.39, 0.29) is 0 Å². The predicted octanol–water partition coefficient (Wildman–Crippen LogP) is 1.21. The summed E-state index contributed by atoms with van der Waals surface area (Å²) in [5.74, 6) is 1.61. The lowest BCUT2D eigenvalue weighted by Gasteiger charge is -2.10. The van der Waals surface area contributed by atoms with Crippen LogP contribution in [0, 0.1) is 0 Å². The molecule has 0 unspecified atom stereocenters. The fourth-order valence-corrected chi connectivity index (χ4v) is 2.02. The Bertz CT molecular complexity index is 594. The molecule has 0 radical (unpaired) electrons. The van der Waals surface area contributed by atoms with Crippen molar-refractivity contribution in [2.75, 3.05) is 26.3 Å². The monoisotopic (exact) mass is 304 g/mol. The third-order valence-corrected chi connectivity index (χ3v) is 3.07. The van der Waals surface area contributed by atoms with Crippen molar-refractivity contribution in [3.63, 3.8) is 0 Å². The van der Waals surface area contributed by atoms with E-state index in [0.29, 0.717) is 6.54 Å². The molecule has 7 heteroatoms. The van der Waals surface area contributed by atoms with Gasteiger partial charge in [0.25, 0.3) is 0 Å². The lowest BCUT2D eigenvalue weighted by atomic mass is 10.4. The van der Waals surface area contributed by atoms with Crippen molar-refractivity contribution in [3.8, 4) is 0 Å². The van der Waals surface area contributed by atoms with Gasteiger partial charge < -0.3 is 15.4 Å². The van der Waals surface area contributed by atoms with Crippen LogP contribution in [0.15, 0.2) is 29.4 Å². The standard InChI is InChI=1S/C15H24N6O/c1-3-16-15(17-9-7-11-22-4-2)18-12-14-20-19-13-8-5-6-10-21(13)14/h5-6,8,10H,3-4,7,9,11-12H2,1-2H3,(H2,16,17,18). The van der Waals surface area contributed by atoms with Crippen LogP contribution in [0.4, 0.5) is 0 Å². The number of hydrogen-bond acceptors (Lipinski definition) is 4. The zero-order chi connectivity index (χ0) is 15.6. The first-order valence-corrected chi connectivity index (χ1v) is 7.73. The Hall–Kier alpha value is -2.15.